The van der Waals surface area contributed by atoms with Crippen molar-refractivity contribution < 1.29 is 9.59 Å². The molecular weight excluding hydrogens is 381 g/mol. The minimum Gasteiger partial charge on any atom is -0.325 e. The highest BCUT2D eigenvalue weighted by Crippen LogP contribution is 2.33. The Balaban J connectivity index is 2.10. The van der Waals surface area contributed by atoms with Crippen molar-refractivity contribution in [1.82, 2.24) is 4.90 Å². The Hall–Kier alpha value is -1.24. The zero-order valence-corrected chi connectivity index (χ0v) is 16.9. The van der Waals surface area contributed by atoms with Gasteiger partial charge in [0.15, 0.2) is 5.17 Å². The molecule has 1 N–H and O–H groups in total. The molecule has 2 rings (SSSR count). The normalized spacial score (nSPS) is 19.4. The van der Waals surface area contributed by atoms with E-state index in [-0.39, 0.29) is 35.3 Å². The van der Waals surface area contributed by atoms with Crippen LogP contribution in [0.4, 0.5) is 5.69 Å². The molecule has 5 nitrogen and oxygen atoms in total. The third kappa shape index (κ3) is 4.90. The number of amides is 2. The zero-order chi connectivity index (χ0) is 18.7. The minimum atomic E-state index is -0.488. The molecule has 0 aliphatic carbocycles. The van der Waals surface area contributed by atoms with E-state index in [1.54, 1.807) is 23.1 Å². The van der Waals surface area contributed by atoms with Crippen LogP contribution in [0.5, 0.6) is 0 Å². The summed E-state index contributed by atoms with van der Waals surface area (Å²) in [6.07, 6.45) is 0.0483. The Morgan fingerprint density at radius 1 is 1.32 bits per heavy atom. The Morgan fingerprint density at radius 3 is 2.60 bits per heavy atom. The monoisotopic (exact) mass is 401 g/mol. The molecule has 136 valence electrons. The molecule has 1 aliphatic rings. The molecule has 1 aliphatic heterocycles. The van der Waals surface area contributed by atoms with Crippen molar-refractivity contribution >= 4 is 57.6 Å². The van der Waals surface area contributed by atoms with E-state index in [0.29, 0.717) is 15.9 Å². The second-order valence-electron chi connectivity index (χ2n) is 6.27. The summed E-state index contributed by atoms with van der Waals surface area (Å²) in [7, 11) is 0. The number of carbonyl (C=O) groups is 2. The lowest BCUT2D eigenvalue weighted by Crippen LogP contribution is -2.38. The minimum absolute atomic E-state index is 0.00654. The van der Waals surface area contributed by atoms with Crippen LogP contribution in [0.15, 0.2) is 23.2 Å². The lowest BCUT2D eigenvalue weighted by atomic mass is 10.2. The van der Waals surface area contributed by atoms with Crippen LogP contribution >= 0.6 is 35.0 Å². The number of hydrogen-bond donors (Lipinski definition) is 1. The molecule has 2 amide bonds. The molecule has 1 fully saturated rings. The predicted molar refractivity (Wildman–Crippen MR) is 106 cm³/mol. The molecule has 1 unspecified atom stereocenters. The summed E-state index contributed by atoms with van der Waals surface area (Å²) in [5.41, 5.74) is 0.436. The molecular formula is C17H21Cl2N3O2S. The fourth-order valence-electron chi connectivity index (χ4n) is 2.37. The van der Waals surface area contributed by atoms with Gasteiger partial charge in [-0.2, -0.15) is 0 Å². The molecule has 8 heteroatoms. The SMILES string of the molecule is CC(C)N=C1SC(CC(=O)Nc2cccc(Cl)c2Cl)C(=O)N1C(C)C. The van der Waals surface area contributed by atoms with Crippen LogP contribution in [-0.2, 0) is 9.59 Å². The first-order chi connectivity index (χ1) is 11.7. The second kappa shape index (κ2) is 8.43. The van der Waals surface area contributed by atoms with Gasteiger partial charge in [-0.3, -0.25) is 19.5 Å². The van der Waals surface area contributed by atoms with E-state index in [1.165, 1.54) is 11.8 Å². The summed E-state index contributed by atoms with van der Waals surface area (Å²) in [5.74, 6) is -0.378. The number of halogens is 2. The summed E-state index contributed by atoms with van der Waals surface area (Å²) in [4.78, 5) is 31.2. The Bertz CT molecular complexity index is 707. The maximum Gasteiger partial charge on any atom is 0.242 e. The van der Waals surface area contributed by atoms with Crippen LogP contribution in [-0.4, -0.2) is 39.2 Å². The van der Waals surface area contributed by atoms with E-state index >= 15 is 0 Å². The molecule has 0 aromatic heterocycles. The van der Waals surface area contributed by atoms with Crippen molar-refractivity contribution in [3.8, 4) is 0 Å². The fraction of sp³-hybridized carbons (Fsp3) is 0.471. The number of aliphatic imine (C=N–C) groups is 1. The Morgan fingerprint density at radius 2 is 2.00 bits per heavy atom. The molecule has 1 saturated heterocycles. The number of nitrogens with zero attached hydrogens (tertiary/aromatic N) is 2. The number of rotatable bonds is 5. The van der Waals surface area contributed by atoms with E-state index in [9.17, 15) is 9.59 Å². The van der Waals surface area contributed by atoms with Gasteiger partial charge in [-0.15, -0.1) is 0 Å². The summed E-state index contributed by atoms with van der Waals surface area (Å²) >= 11 is 13.4. The lowest BCUT2D eigenvalue weighted by Gasteiger charge is -2.21. The van der Waals surface area contributed by atoms with Crippen LogP contribution in [0.1, 0.15) is 34.1 Å². The molecule has 0 bridgehead atoms. The largest absolute Gasteiger partial charge is 0.325 e. The molecule has 1 aromatic rings. The van der Waals surface area contributed by atoms with Crippen LogP contribution in [0.3, 0.4) is 0 Å². The third-order valence-electron chi connectivity index (χ3n) is 3.45. The van der Waals surface area contributed by atoms with Gasteiger partial charge in [0, 0.05) is 18.5 Å². The highest BCUT2D eigenvalue weighted by molar-refractivity contribution is 8.15. The van der Waals surface area contributed by atoms with Crippen molar-refractivity contribution in [2.75, 3.05) is 5.32 Å². The summed E-state index contributed by atoms with van der Waals surface area (Å²) in [6, 6.07) is 5.09. The van der Waals surface area contributed by atoms with Gasteiger partial charge in [0.05, 0.1) is 15.7 Å². The van der Waals surface area contributed by atoms with Gasteiger partial charge in [0.1, 0.15) is 5.25 Å². The first kappa shape index (κ1) is 20.1. The molecule has 1 heterocycles. The van der Waals surface area contributed by atoms with E-state index in [2.05, 4.69) is 10.3 Å². The second-order valence-corrected chi connectivity index (χ2v) is 8.22. The van der Waals surface area contributed by atoms with Crippen molar-refractivity contribution in [3.63, 3.8) is 0 Å². The van der Waals surface area contributed by atoms with Gasteiger partial charge in [0.2, 0.25) is 11.8 Å². The maximum atomic E-state index is 12.6. The highest BCUT2D eigenvalue weighted by atomic mass is 35.5. The number of carbonyl (C=O) groups excluding carboxylic acids is 2. The van der Waals surface area contributed by atoms with Crippen molar-refractivity contribution in [3.05, 3.63) is 28.2 Å². The average Bonchev–Trinajstić information content (AvgIpc) is 2.79. The maximum absolute atomic E-state index is 12.6. The van der Waals surface area contributed by atoms with Crippen molar-refractivity contribution in [2.45, 2.75) is 51.4 Å². The highest BCUT2D eigenvalue weighted by Gasteiger charge is 2.40. The number of hydrogen-bond acceptors (Lipinski definition) is 4. The molecule has 0 spiro atoms. The topological polar surface area (TPSA) is 61.8 Å². The van der Waals surface area contributed by atoms with Gasteiger partial charge >= 0.3 is 0 Å². The molecule has 1 atom stereocenters. The molecule has 0 radical (unpaired) electrons. The van der Waals surface area contributed by atoms with Gasteiger partial charge in [-0.25, -0.2) is 0 Å². The predicted octanol–water partition coefficient (Wildman–Crippen LogP) is 4.44. The Kier molecular flexibility index (Phi) is 6.77. The van der Waals surface area contributed by atoms with E-state index in [4.69, 9.17) is 23.2 Å². The first-order valence-electron chi connectivity index (χ1n) is 8.02. The van der Waals surface area contributed by atoms with Gasteiger partial charge < -0.3 is 5.32 Å². The number of amidine groups is 1. The molecule has 0 saturated carbocycles. The quantitative estimate of drug-likeness (QED) is 0.792. The van der Waals surface area contributed by atoms with Crippen LogP contribution in [0.2, 0.25) is 10.0 Å². The van der Waals surface area contributed by atoms with Gasteiger partial charge in [-0.1, -0.05) is 41.0 Å². The van der Waals surface area contributed by atoms with Crippen molar-refractivity contribution in [1.29, 1.82) is 0 Å². The standard InChI is InChI=1S/C17H21Cl2N3O2S/c1-9(2)20-17-22(10(3)4)16(24)13(25-17)8-14(23)21-12-7-5-6-11(18)15(12)19/h5-7,9-10,13H,8H2,1-4H3,(H,21,23). The first-order valence-corrected chi connectivity index (χ1v) is 9.65. The summed E-state index contributed by atoms with van der Waals surface area (Å²) < 4.78 is 0. The zero-order valence-electron chi connectivity index (χ0n) is 14.5. The number of thioether (sulfide) groups is 1. The van der Waals surface area contributed by atoms with E-state index < -0.39 is 5.25 Å². The van der Waals surface area contributed by atoms with Crippen molar-refractivity contribution in [2.24, 2.45) is 4.99 Å². The van der Waals surface area contributed by atoms with Crippen LogP contribution in [0.25, 0.3) is 0 Å². The van der Waals surface area contributed by atoms with Gasteiger partial charge in [0.25, 0.3) is 0 Å². The number of benzene rings is 1. The smallest absolute Gasteiger partial charge is 0.242 e. The average molecular weight is 402 g/mol. The van der Waals surface area contributed by atoms with Gasteiger partial charge in [-0.05, 0) is 39.8 Å². The number of anilines is 1. The lowest BCUT2D eigenvalue weighted by molar-refractivity contribution is -0.129. The fourth-order valence-corrected chi connectivity index (χ4v) is 4.11. The van der Waals surface area contributed by atoms with Crippen LogP contribution < -0.4 is 5.32 Å². The van der Waals surface area contributed by atoms with E-state index in [0.717, 1.165) is 0 Å². The van der Waals surface area contributed by atoms with E-state index in [1.807, 2.05) is 27.7 Å². The number of nitrogens with one attached hydrogen (secondary N) is 1. The Labute approximate surface area is 162 Å². The molecule has 1 aromatic carbocycles. The third-order valence-corrected chi connectivity index (χ3v) is 5.43. The summed E-state index contributed by atoms with van der Waals surface area (Å²) in [6.45, 7) is 7.78. The summed E-state index contributed by atoms with van der Waals surface area (Å²) in [5, 5.41) is 3.56. The molecule has 25 heavy (non-hydrogen) atoms. The van der Waals surface area contributed by atoms with Crippen LogP contribution in [0, 0.1) is 0 Å².